The monoisotopic (exact) mass is 306 g/mol. The minimum Gasteiger partial charge on any atom is -0.443 e. The van der Waals surface area contributed by atoms with Crippen LogP contribution in [0.4, 0.5) is 4.79 Å². The number of nitrogens with zero attached hydrogens (tertiary/aromatic N) is 1. The van der Waals surface area contributed by atoms with Gasteiger partial charge < -0.3 is 4.74 Å². The lowest BCUT2D eigenvalue weighted by Crippen LogP contribution is -2.40. The molecule has 0 aliphatic carbocycles. The van der Waals surface area contributed by atoms with Gasteiger partial charge >= 0.3 is 6.09 Å². The van der Waals surface area contributed by atoms with Gasteiger partial charge in [-0.2, -0.15) is 0 Å². The number of carbonyl (C=O) groups excluding carboxylic acids is 2. The Kier molecular flexibility index (Phi) is 4.57. The first kappa shape index (κ1) is 15.4. The third-order valence-corrected chi connectivity index (χ3v) is 3.53. The van der Waals surface area contributed by atoms with Crippen molar-refractivity contribution in [3.8, 4) is 0 Å². The molecule has 0 saturated heterocycles. The average molecular weight is 306 g/mol. The Morgan fingerprint density at radius 1 is 1.24 bits per heavy atom. The van der Waals surface area contributed by atoms with E-state index < -0.39 is 11.7 Å². The molecule has 0 radical (unpaired) electrons. The Morgan fingerprint density at radius 2 is 1.90 bits per heavy atom. The molecule has 0 fully saturated rings. The molecule has 1 heterocycles. The molecule has 1 N–H and O–H groups in total. The molecule has 1 aliphatic rings. The highest BCUT2D eigenvalue weighted by atomic mass is 32.2. The van der Waals surface area contributed by atoms with E-state index in [1.807, 2.05) is 18.2 Å². The van der Waals surface area contributed by atoms with Crippen molar-refractivity contribution >= 4 is 23.6 Å². The molecule has 21 heavy (non-hydrogen) atoms. The van der Waals surface area contributed by atoms with Gasteiger partial charge in [-0.05, 0) is 20.8 Å². The fourth-order valence-electron chi connectivity index (χ4n) is 1.69. The second kappa shape index (κ2) is 6.22. The first-order valence-corrected chi connectivity index (χ1v) is 7.54. The van der Waals surface area contributed by atoms with Crippen LogP contribution in [0.2, 0.25) is 0 Å². The van der Waals surface area contributed by atoms with Gasteiger partial charge in [-0.1, -0.05) is 42.1 Å². The van der Waals surface area contributed by atoms with Crippen LogP contribution < -0.4 is 5.43 Å². The molecule has 0 aromatic heterocycles. The molecule has 0 atom stereocenters. The summed E-state index contributed by atoms with van der Waals surface area (Å²) in [6.45, 7) is 5.39. The molecule has 0 spiro atoms. The van der Waals surface area contributed by atoms with Crippen molar-refractivity contribution in [3.63, 3.8) is 0 Å². The maximum absolute atomic E-state index is 12.2. The van der Waals surface area contributed by atoms with E-state index in [2.05, 4.69) is 5.43 Å². The summed E-state index contributed by atoms with van der Waals surface area (Å²) in [6, 6.07) is 9.05. The normalized spacial score (nSPS) is 14.6. The summed E-state index contributed by atoms with van der Waals surface area (Å²) in [4.78, 5) is 24.5. The predicted molar refractivity (Wildman–Crippen MR) is 82.5 cm³/mol. The van der Waals surface area contributed by atoms with Crippen LogP contribution in [0, 0.1) is 0 Å². The van der Waals surface area contributed by atoms with E-state index >= 15 is 0 Å². The number of benzene rings is 1. The number of thioether (sulfide) groups is 1. The van der Waals surface area contributed by atoms with Crippen LogP contribution in [-0.4, -0.2) is 28.4 Å². The molecule has 112 valence electrons. The Balaban J connectivity index is 1.96. The number of allylic oxidation sites excluding steroid dienone is 1. The zero-order valence-electron chi connectivity index (χ0n) is 12.3. The predicted octanol–water partition coefficient (Wildman–Crippen LogP) is 3.16. The number of ketones is 1. The Labute approximate surface area is 128 Å². The second-order valence-corrected chi connectivity index (χ2v) is 6.53. The number of nitrogens with one attached hydrogen (secondary N) is 1. The van der Waals surface area contributed by atoms with Gasteiger partial charge in [0.15, 0.2) is 0 Å². The van der Waals surface area contributed by atoms with Crippen molar-refractivity contribution in [3.05, 3.63) is 47.0 Å². The fourth-order valence-corrected chi connectivity index (χ4v) is 2.56. The number of Topliss-reactive ketones (excluding diaryl/α,β-unsaturated/α-hetero) is 1. The Hall–Kier alpha value is -1.95. The van der Waals surface area contributed by atoms with Gasteiger partial charge in [0.1, 0.15) is 5.60 Å². The van der Waals surface area contributed by atoms with E-state index in [-0.39, 0.29) is 5.78 Å². The number of amides is 1. The smallest absolute Gasteiger partial charge is 0.426 e. The van der Waals surface area contributed by atoms with Crippen LogP contribution in [0.15, 0.2) is 41.4 Å². The first-order chi connectivity index (χ1) is 9.85. The maximum Gasteiger partial charge on any atom is 0.426 e. The molecule has 0 saturated carbocycles. The highest BCUT2D eigenvalue weighted by molar-refractivity contribution is 8.04. The summed E-state index contributed by atoms with van der Waals surface area (Å²) in [5.74, 6) is 0.432. The molecule has 0 unspecified atom stereocenters. The standard InChI is InChI=1S/C15H18N2O3S/c1-15(2,3)20-14(19)16-17-9-12(21-10-17)13(18)11-7-5-4-6-8-11/h4-9H,10H2,1-3H3,(H,16,19). The van der Waals surface area contributed by atoms with Gasteiger partial charge in [0, 0.05) is 11.8 Å². The second-order valence-electron chi connectivity index (χ2n) is 5.55. The highest BCUT2D eigenvalue weighted by Gasteiger charge is 2.23. The number of rotatable bonds is 3. The molecule has 1 aromatic carbocycles. The summed E-state index contributed by atoms with van der Waals surface area (Å²) >= 11 is 1.38. The van der Waals surface area contributed by atoms with Crippen molar-refractivity contribution in [1.29, 1.82) is 0 Å². The average Bonchev–Trinajstić information content (AvgIpc) is 2.85. The molecule has 1 aromatic rings. The van der Waals surface area contributed by atoms with Crippen LogP contribution in [0.3, 0.4) is 0 Å². The van der Waals surface area contributed by atoms with E-state index in [1.165, 1.54) is 11.8 Å². The van der Waals surface area contributed by atoms with Crippen molar-refractivity contribution < 1.29 is 14.3 Å². The lowest BCUT2D eigenvalue weighted by molar-refractivity contribution is 0.0414. The molecule has 0 bridgehead atoms. The van der Waals surface area contributed by atoms with Crippen LogP contribution in [0.25, 0.3) is 0 Å². The molecular formula is C15H18N2O3S. The summed E-state index contributed by atoms with van der Waals surface area (Å²) < 4.78 is 5.16. The topological polar surface area (TPSA) is 58.6 Å². The maximum atomic E-state index is 12.2. The van der Waals surface area contributed by atoms with Gasteiger partial charge in [-0.15, -0.1) is 0 Å². The zero-order chi connectivity index (χ0) is 15.5. The number of carbonyl (C=O) groups is 2. The van der Waals surface area contributed by atoms with Gasteiger partial charge in [0.25, 0.3) is 0 Å². The van der Waals surface area contributed by atoms with Crippen LogP contribution in [-0.2, 0) is 4.74 Å². The Morgan fingerprint density at radius 3 is 2.52 bits per heavy atom. The largest absolute Gasteiger partial charge is 0.443 e. The summed E-state index contributed by atoms with van der Waals surface area (Å²) in [5, 5.41) is 1.55. The lowest BCUT2D eigenvalue weighted by atomic mass is 10.1. The van der Waals surface area contributed by atoms with E-state index in [4.69, 9.17) is 4.74 Å². The van der Waals surface area contributed by atoms with Crippen LogP contribution in [0.1, 0.15) is 31.1 Å². The van der Waals surface area contributed by atoms with Gasteiger partial charge in [-0.3, -0.25) is 9.80 Å². The van der Waals surface area contributed by atoms with Gasteiger partial charge in [0.2, 0.25) is 5.78 Å². The number of hydrogen-bond donors (Lipinski definition) is 1. The van der Waals surface area contributed by atoms with E-state index in [0.29, 0.717) is 16.3 Å². The van der Waals surface area contributed by atoms with Crippen molar-refractivity contribution in [2.24, 2.45) is 0 Å². The van der Waals surface area contributed by atoms with Crippen molar-refractivity contribution in [2.45, 2.75) is 26.4 Å². The third kappa shape index (κ3) is 4.53. The van der Waals surface area contributed by atoms with Crippen LogP contribution >= 0.6 is 11.8 Å². The lowest BCUT2D eigenvalue weighted by Gasteiger charge is -2.22. The quantitative estimate of drug-likeness (QED) is 0.869. The van der Waals surface area contributed by atoms with Crippen molar-refractivity contribution in [2.75, 3.05) is 5.88 Å². The minimum absolute atomic E-state index is 0.0471. The molecule has 1 aliphatic heterocycles. The van der Waals surface area contributed by atoms with Crippen molar-refractivity contribution in [1.82, 2.24) is 10.4 Å². The number of hydrazine groups is 1. The molecule has 6 heteroatoms. The first-order valence-electron chi connectivity index (χ1n) is 6.56. The summed E-state index contributed by atoms with van der Waals surface area (Å²) in [6.07, 6.45) is 1.09. The summed E-state index contributed by atoms with van der Waals surface area (Å²) in [5.41, 5.74) is 2.68. The third-order valence-electron chi connectivity index (χ3n) is 2.53. The molecule has 1 amide bonds. The number of ether oxygens (including phenoxy) is 1. The molecule has 5 nitrogen and oxygen atoms in total. The summed E-state index contributed by atoms with van der Waals surface area (Å²) in [7, 11) is 0. The van der Waals surface area contributed by atoms with Gasteiger partial charge in [-0.25, -0.2) is 10.2 Å². The van der Waals surface area contributed by atoms with E-state index in [1.54, 1.807) is 44.1 Å². The fraction of sp³-hybridized carbons (Fsp3) is 0.333. The number of hydrogen-bond acceptors (Lipinski definition) is 5. The van der Waals surface area contributed by atoms with Crippen LogP contribution in [0.5, 0.6) is 0 Å². The molecular weight excluding hydrogens is 288 g/mol. The Bertz CT molecular complexity index is 564. The molecule has 2 rings (SSSR count). The van der Waals surface area contributed by atoms with Gasteiger partial charge in [0.05, 0.1) is 10.8 Å². The SMILES string of the molecule is CC(C)(C)OC(=O)NN1C=C(C(=O)c2ccccc2)SC1. The minimum atomic E-state index is -0.552. The highest BCUT2D eigenvalue weighted by Crippen LogP contribution is 2.27. The zero-order valence-corrected chi connectivity index (χ0v) is 13.1. The van der Waals surface area contributed by atoms with E-state index in [9.17, 15) is 9.59 Å². The van der Waals surface area contributed by atoms with E-state index in [0.717, 1.165) is 0 Å².